The maximum absolute atomic E-state index is 12.6. The summed E-state index contributed by atoms with van der Waals surface area (Å²) < 4.78 is 29.7. The second-order valence-corrected chi connectivity index (χ2v) is 3.09. The molecule has 0 aliphatic heterocycles. The van der Waals surface area contributed by atoms with Crippen LogP contribution in [0.4, 0.5) is 8.78 Å². The van der Waals surface area contributed by atoms with Crippen molar-refractivity contribution < 1.29 is 23.4 Å². The highest BCUT2D eigenvalue weighted by atomic mass is 19.3. The molecule has 0 fully saturated rings. The van der Waals surface area contributed by atoms with Crippen LogP contribution in [-0.4, -0.2) is 17.7 Å². The Hall–Kier alpha value is -2.16. The number of phenolic OH excluding ortho intramolecular Hbond substituents is 1. The number of nitriles is 1. The molecule has 0 bridgehead atoms. The SMILES string of the molecule is CCOC(=O)c1cc(C#N)c(O)c(C(F)F)c1. The van der Waals surface area contributed by atoms with E-state index in [2.05, 4.69) is 4.74 Å². The van der Waals surface area contributed by atoms with E-state index in [1.165, 1.54) is 6.07 Å². The van der Waals surface area contributed by atoms with Gasteiger partial charge in [0.25, 0.3) is 6.43 Å². The summed E-state index contributed by atoms with van der Waals surface area (Å²) in [5.74, 6) is -1.62. The molecule has 0 aromatic heterocycles. The van der Waals surface area contributed by atoms with Gasteiger partial charge in [-0.15, -0.1) is 0 Å². The van der Waals surface area contributed by atoms with Crippen LogP contribution in [0.1, 0.15) is 34.8 Å². The Labute approximate surface area is 96.0 Å². The standard InChI is InChI=1S/C11H9F2NO3/c1-2-17-11(16)6-3-7(5-14)9(15)8(4-6)10(12)13/h3-4,10,15H,2H2,1H3. The summed E-state index contributed by atoms with van der Waals surface area (Å²) in [5, 5.41) is 18.0. The number of halogens is 2. The summed E-state index contributed by atoms with van der Waals surface area (Å²) in [7, 11) is 0. The van der Waals surface area contributed by atoms with Crippen LogP contribution in [0.2, 0.25) is 0 Å². The lowest BCUT2D eigenvalue weighted by Gasteiger charge is -2.08. The molecule has 0 unspecified atom stereocenters. The molecular weight excluding hydrogens is 232 g/mol. The molecule has 0 aliphatic rings. The third-order valence-electron chi connectivity index (χ3n) is 2.01. The summed E-state index contributed by atoms with van der Waals surface area (Å²) in [4.78, 5) is 11.3. The van der Waals surface area contributed by atoms with Crippen molar-refractivity contribution in [2.75, 3.05) is 6.61 Å². The number of ether oxygens (including phenoxy) is 1. The fraction of sp³-hybridized carbons (Fsp3) is 0.273. The van der Waals surface area contributed by atoms with Gasteiger partial charge in [-0.2, -0.15) is 5.26 Å². The Balaban J connectivity index is 3.31. The van der Waals surface area contributed by atoms with E-state index in [1.807, 2.05) is 0 Å². The molecule has 0 heterocycles. The molecule has 1 aromatic rings. The zero-order valence-electron chi connectivity index (χ0n) is 8.91. The van der Waals surface area contributed by atoms with Crippen molar-refractivity contribution in [3.05, 3.63) is 28.8 Å². The van der Waals surface area contributed by atoms with Gasteiger partial charge in [0.1, 0.15) is 11.8 Å². The third kappa shape index (κ3) is 2.69. The van der Waals surface area contributed by atoms with Gasteiger partial charge in [0.15, 0.2) is 0 Å². The molecule has 0 radical (unpaired) electrons. The number of aromatic hydroxyl groups is 1. The van der Waals surface area contributed by atoms with E-state index in [0.717, 1.165) is 12.1 Å². The zero-order chi connectivity index (χ0) is 13.0. The van der Waals surface area contributed by atoms with Crippen LogP contribution in [-0.2, 0) is 4.74 Å². The largest absolute Gasteiger partial charge is 0.506 e. The first-order valence-electron chi connectivity index (χ1n) is 4.73. The van der Waals surface area contributed by atoms with Gasteiger partial charge in [-0.3, -0.25) is 0 Å². The molecule has 1 N–H and O–H groups in total. The molecule has 1 rings (SSSR count). The van der Waals surface area contributed by atoms with Gasteiger partial charge in [-0.1, -0.05) is 0 Å². The van der Waals surface area contributed by atoms with Crippen LogP contribution >= 0.6 is 0 Å². The van der Waals surface area contributed by atoms with Crippen LogP contribution in [0.25, 0.3) is 0 Å². The zero-order valence-corrected chi connectivity index (χ0v) is 8.91. The number of nitrogens with zero attached hydrogens (tertiary/aromatic N) is 1. The lowest BCUT2D eigenvalue weighted by molar-refractivity contribution is 0.0526. The van der Waals surface area contributed by atoms with Crippen molar-refractivity contribution in [2.45, 2.75) is 13.3 Å². The molecule has 4 nitrogen and oxygen atoms in total. The van der Waals surface area contributed by atoms with E-state index >= 15 is 0 Å². The fourth-order valence-corrected chi connectivity index (χ4v) is 1.24. The average molecular weight is 241 g/mol. The minimum atomic E-state index is -2.98. The Morgan fingerprint density at radius 3 is 2.71 bits per heavy atom. The minimum absolute atomic E-state index is 0.0889. The van der Waals surface area contributed by atoms with E-state index < -0.39 is 23.7 Å². The summed E-state index contributed by atoms with van der Waals surface area (Å²) in [6.07, 6.45) is -2.98. The molecule has 6 heteroatoms. The molecule has 0 spiro atoms. The molecule has 0 atom stereocenters. The maximum atomic E-state index is 12.6. The van der Waals surface area contributed by atoms with Crippen molar-refractivity contribution in [1.29, 1.82) is 5.26 Å². The van der Waals surface area contributed by atoms with Crippen molar-refractivity contribution in [3.8, 4) is 11.8 Å². The van der Waals surface area contributed by atoms with Gasteiger partial charge in [-0.25, -0.2) is 13.6 Å². The summed E-state index contributed by atoms with van der Waals surface area (Å²) in [6.45, 7) is 1.66. The first-order chi connectivity index (χ1) is 8.01. The molecule has 17 heavy (non-hydrogen) atoms. The lowest BCUT2D eigenvalue weighted by atomic mass is 10.0. The van der Waals surface area contributed by atoms with E-state index in [-0.39, 0.29) is 17.7 Å². The smallest absolute Gasteiger partial charge is 0.338 e. The molecule has 90 valence electrons. The van der Waals surface area contributed by atoms with Crippen molar-refractivity contribution in [1.82, 2.24) is 0 Å². The van der Waals surface area contributed by atoms with Gasteiger partial charge in [0.2, 0.25) is 0 Å². The highest BCUT2D eigenvalue weighted by Crippen LogP contribution is 2.32. The number of benzene rings is 1. The Morgan fingerprint density at radius 2 is 2.24 bits per heavy atom. The molecular formula is C11H9F2NO3. The predicted molar refractivity (Wildman–Crippen MR) is 53.7 cm³/mol. The molecule has 0 saturated heterocycles. The van der Waals surface area contributed by atoms with E-state index in [4.69, 9.17) is 5.26 Å². The van der Waals surface area contributed by atoms with E-state index in [1.54, 1.807) is 6.92 Å². The summed E-state index contributed by atoms with van der Waals surface area (Å²) >= 11 is 0. The minimum Gasteiger partial charge on any atom is -0.506 e. The van der Waals surface area contributed by atoms with Crippen molar-refractivity contribution >= 4 is 5.97 Å². The van der Waals surface area contributed by atoms with Crippen LogP contribution in [0.5, 0.6) is 5.75 Å². The van der Waals surface area contributed by atoms with E-state index in [9.17, 15) is 18.7 Å². The monoisotopic (exact) mass is 241 g/mol. The van der Waals surface area contributed by atoms with Gasteiger partial charge in [-0.05, 0) is 19.1 Å². The number of hydrogen-bond donors (Lipinski definition) is 1. The number of hydrogen-bond acceptors (Lipinski definition) is 4. The second kappa shape index (κ2) is 5.25. The first kappa shape index (κ1) is 12.9. The molecule has 0 amide bonds. The van der Waals surface area contributed by atoms with Gasteiger partial charge in [0, 0.05) is 0 Å². The van der Waals surface area contributed by atoms with E-state index in [0.29, 0.717) is 0 Å². The average Bonchev–Trinajstić information content (AvgIpc) is 2.29. The predicted octanol–water partition coefficient (Wildman–Crippen LogP) is 2.38. The van der Waals surface area contributed by atoms with Crippen molar-refractivity contribution in [2.24, 2.45) is 0 Å². The topological polar surface area (TPSA) is 70.3 Å². The summed E-state index contributed by atoms with van der Waals surface area (Å²) in [6, 6.07) is 3.37. The van der Waals surface area contributed by atoms with Crippen LogP contribution in [0.15, 0.2) is 12.1 Å². The maximum Gasteiger partial charge on any atom is 0.338 e. The molecule has 0 aliphatic carbocycles. The highest BCUT2D eigenvalue weighted by molar-refractivity contribution is 5.90. The normalized spacial score (nSPS) is 10.1. The summed E-state index contributed by atoms with van der Waals surface area (Å²) in [5.41, 5.74) is -1.32. The Bertz CT molecular complexity index is 480. The number of carbonyl (C=O) groups excluding carboxylic acids is 1. The second-order valence-electron chi connectivity index (χ2n) is 3.09. The van der Waals surface area contributed by atoms with Crippen molar-refractivity contribution in [3.63, 3.8) is 0 Å². The highest BCUT2D eigenvalue weighted by Gasteiger charge is 2.20. The Morgan fingerprint density at radius 1 is 1.59 bits per heavy atom. The first-order valence-corrected chi connectivity index (χ1v) is 4.73. The van der Waals surface area contributed by atoms with Crippen LogP contribution < -0.4 is 0 Å². The lowest BCUT2D eigenvalue weighted by Crippen LogP contribution is -2.06. The Kier molecular flexibility index (Phi) is 3.99. The van der Waals surface area contributed by atoms with Crippen LogP contribution in [0.3, 0.4) is 0 Å². The number of alkyl halides is 2. The quantitative estimate of drug-likeness (QED) is 0.825. The molecule has 1 aromatic carbocycles. The van der Waals surface area contributed by atoms with Gasteiger partial charge >= 0.3 is 5.97 Å². The number of carbonyl (C=O) groups is 1. The number of phenols is 1. The number of rotatable bonds is 3. The number of esters is 1. The van der Waals surface area contributed by atoms with Crippen LogP contribution in [0, 0.1) is 11.3 Å². The van der Waals surface area contributed by atoms with Gasteiger partial charge < -0.3 is 9.84 Å². The van der Waals surface area contributed by atoms with Gasteiger partial charge in [0.05, 0.1) is 23.3 Å². The third-order valence-corrected chi connectivity index (χ3v) is 2.01. The fourth-order valence-electron chi connectivity index (χ4n) is 1.24. The molecule has 0 saturated carbocycles.